The highest BCUT2D eigenvalue weighted by molar-refractivity contribution is 6.28. The quantitative estimate of drug-likeness (QED) is 0.267. The lowest BCUT2D eigenvalue weighted by Crippen LogP contribution is -2.62. The summed E-state index contributed by atoms with van der Waals surface area (Å²) in [4.78, 5) is 31.9. The van der Waals surface area contributed by atoms with Gasteiger partial charge in [-0.25, -0.2) is 24.9 Å². The molecule has 2 atom stereocenters. The molecule has 10 nitrogen and oxygen atoms in total. The molecule has 2 unspecified atom stereocenters. The predicted octanol–water partition coefficient (Wildman–Crippen LogP) is 5.42. The van der Waals surface area contributed by atoms with E-state index in [1.807, 2.05) is 42.5 Å². The summed E-state index contributed by atoms with van der Waals surface area (Å²) < 4.78 is 2.08. The van der Waals surface area contributed by atoms with Gasteiger partial charge in [0.1, 0.15) is 17.7 Å². The Morgan fingerprint density at radius 2 is 1.64 bits per heavy atom. The minimum Gasteiger partial charge on any atom is -0.383 e. The fourth-order valence-corrected chi connectivity index (χ4v) is 6.62. The number of piperazine rings is 1. The van der Waals surface area contributed by atoms with E-state index in [0.29, 0.717) is 29.7 Å². The number of aromatic nitrogens is 7. The van der Waals surface area contributed by atoms with Crippen molar-refractivity contribution in [3.8, 4) is 28.3 Å². The van der Waals surface area contributed by atoms with Gasteiger partial charge in [-0.15, -0.1) is 0 Å². The Balaban J connectivity index is 1.11. The van der Waals surface area contributed by atoms with E-state index in [1.54, 1.807) is 6.20 Å². The second-order valence-corrected chi connectivity index (χ2v) is 11.6. The van der Waals surface area contributed by atoms with Gasteiger partial charge >= 0.3 is 0 Å². The number of nitrogens with two attached hydrogens (primary N) is 1. The molecule has 3 aliphatic rings. The van der Waals surface area contributed by atoms with Crippen molar-refractivity contribution >= 4 is 34.5 Å². The van der Waals surface area contributed by atoms with E-state index >= 15 is 0 Å². The van der Waals surface area contributed by atoms with E-state index in [4.69, 9.17) is 27.3 Å². The van der Waals surface area contributed by atoms with Crippen LogP contribution >= 0.6 is 11.6 Å². The van der Waals surface area contributed by atoms with Gasteiger partial charge in [0, 0.05) is 49.2 Å². The van der Waals surface area contributed by atoms with Gasteiger partial charge in [-0.05, 0) is 66.4 Å². The summed E-state index contributed by atoms with van der Waals surface area (Å²) in [5.74, 6) is 1.81. The fourth-order valence-electron chi connectivity index (χ4n) is 6.50. The molecule has 3 fully saturated rings. The molecule has 9 rings (SSSR count). The third kappa shape index (κ3) is 4.82. The standard InChI is InChI=1S/C33H29ClN10/c34-32-37-20-38-33(41-32)43-19-24-12-13-25(43)18-42(24)17-21-8-10-23(11-9-21)44-30(26-7-4-16-36-29(26)35)40-28-15-14-27(39-31(28)44)22-5-2-1-3-6-22/h1-11,14-16,20,24-25H,12-13,17-19H2,(H2,35,36). The van der Waals surface area contributed by atoms with Crippen LogP contribution in [-0.4, -0.2) is 64.5 Å². The van der Waals surface area contributed by atoms with E-state index in [-0.39, 0.29) is 5.28 Å². The maximum atomic E-state index is 6.34. The number of hydrogen-bond donors (Lipinski definition) is 1. The largest absolute Gasteiger partial charge is 0.383 e. The van der Waals surface area contributed by atoms with Crippen molar-refractivity contribution < 1.29 is 0 Å². The predicted molar refractivity (Wildman–Crippen MR) is 171 cm³/mol. The number of halogens is 1. The van der Waals surface area contributed by atoms with Gasteiger partial charge in [-0.2, -0.15) is 4.98 Å². The molecule has 2 bridgehead atoms. The molecule has 7 heterocycles. The van der Waals surface area contributed by atoms with Crippen molar-refractivity contribution in [3.05, 3.63) is 102 Å². The number of fused-ring (bicyclic) bond motifs is 4. The average molecular weight is 601 g/mol. The van der Waals surface area contributed by atoms with E-state index in [0.717, 1.165) is 66.1 Å². The van der Waals surface area contributed by atoms with Gasteiger partial charge in [0.25, 0.3) is 0 Å². The molecule has 0 spiro atoms. The fraction of sp³-hybridized carbons (Fsp3) is 0.212. The molecule has 218 valence electrons. The van der Waals surface area contributed by atoms with Crippen molar-refractivity contribution in [2.75, 3.05) is 23.7 Å². The van der Waals surface area contributed by atoms with Crippen LogP contribution in [0.15, 0.2) is 91.4 Å². The lowest BCUT2D eigenvalue weighted by atomic mass is 9.90. The molecule has 0 radical (unpaired) electrons. The van der Waals surface area contributed by atoms with E-state index < -0.39 is 0 Å². The summed E-state index contributed by atoms with van der Waals surface area (Å²) in [5.41, 5.74) is 12.8. The zero-order valence-electron chi connectivity index (χ0n) is 23.8. The summed E-state index contributed by atoms with van der Waals surface area (Å²) in [6, 6.07) is 27.5. The SMILES string of the molecule is Nc1ncccc1-c1nc2ccc(-c3ccccc3)nc2n1-c1ccc(CN2CC3CCC2CN3c2ncnc(Cl)n2)cc1. The number of hydrogen-bond acceptors (Lipinski definition) is 9. The van der Waals surface area contributed by atoms with Crippen LogP contribution in [0.4, 0.5) is 11.8 Å². The molecule has 0 aliphatic carbocycles. The summed E-state index contributed by atoms with van der Waals surface area (Å²) in [7, 11) is 0. The molecule has 2 N–H and O–H groups in total. The Bertz CT molecular complexity index is 1960. The Hall–Kier alpha value is -4.93. The number of pyridine rings is 2. The molecule has 44 heavy (non-hydrogen) atoms. The maximum Gasteiger partial charge on any atom is 0.229 e. The first-order valence-corrected chi connectivity index (χ1v) is 15.1. The molecule has 0 saturated carbocycles. The number of benzene rings is 2. The first-order valence-electron chi connectivity index (χ1n) is 14.7. The highest BCUT2D eigenvalue weighted by Crippen LogP contribution is 2.34. The Labute approximate surface area is 259 Å². The van der Waals surface area contributed by atoms with E-state index in [9.17, 15) is 0 Å². The Morgan fingerprint density at radius 3 is 2.41 bits per heavy atom. The average Bonchev–Trinajstić information content (AvgIpc) is 3.44. The third-order valence-corrected chi connectivity index (χ3v) is 8.85. The van der Waals surface area contributed by atoms with Crippen molar-refractivity contribution in [1.82, 2.24) is 39.4 Å². The Kier molecular flexibility index (Phi) is 6.65. The number of imidazole rings is 1. The second kappa shape index (κ2) is 11.0. The van der Waals surface area contributed by atoms with Gasteiger partial charge in [-0.1, -0.05) is 42.5 Å². The van der Waals surface area contributed by atoms with Gasteiger partial charge < -0.3 is 10.6 Å². The number of nitrogens with zero attached hydrogens (tertiary/aromatic N) is 9. The molecule has 0 amide bonds. The normalized spacial score (nSPS) is 18.2. The zero-order valence-corrected chi connectivity index (χ0v) is 24.6. The topological polar surface area (TPSA) is 115 Å². The first-order chi connectivity index (χ1) is 21.6. The first kappa shape index (κ1) is 26.7. The number of anilines is 2. The van der Waals surface area contributed by atoms with Crippen LogP contribution in [0.25, 0.3) is 39.5 Å². The van der Waals surface area contributed by atoms with Gasteiger partial charge in [-0.3, -0.25) is 9.47 Å². The molecule has 3 saturated heterocycles. The minimum absolute atomic E-state index is 0.236. The van der Waals surface area contributed by atoms with Crippen LogP contribution in [0.1, 0.15) is 18.4 Å². The van der Waals surface area contributed by atoms with Gasteiger partial charge in [0.05, 0.1) is 11.3 Å². The number of rotatable bonds is 6. The van der Waals surface area contributed by atoms with Crippen molar-refractivity contribution in [2.45, 2.75) is 31.5 Å². The minimum atomic E-state index is 0.236. The van der Waals surface area contributed by atoms with Crippen molar-refractivity contribution in [2.24, 2.45) is 0 Å². The van der Waals surface area contributed by atoms with Crippen LogP contribution in [0.5, 0.6) is 0 Å². The van der Waals surface area contributed by atoms with Gasteiger partial charge in [0.2, 0.25) is 11.2 Å². The molecule has 6 aromatic rings. The number of piperidine rings is 2. The van der Waals surface area contributed by atoms with Crippen LogP contribution < -0.4 is 10.6 Å². The van der Waals surface area contributed by atoms with Crippen LogP contribution in [-0.2, 0) is 6.54 Å². The zero-order chi connectivity index (χ0) is 29.6. The monoisotopic (exact) mass is 600 g/mol. The van der Waals surface area contributed by atoms with E-state index in [1.165, 1.54) is 11.9 Å². The summed E-state index contributed by atoms with van der Waals surface area (Å²) >= 11 is 6.05. The van der Waals surface area contributed by atoms with Crippen LogP contribution in [0.2, 0.25) is 5.28 Å². The van der Waals surface area contributed by atoms with Crippen molar-refractivity contribution in [3.63, 3.8) is 0 Å². The van der Waals surface area contributed by atoms with Crippen LogP contribution in [0, 0.1) is 0 Å². The summed E-state index contributed by atoms with van der Waals surface area (Å²) in [6.45, 7) is 2.71. The molecule has 3 aliphatic heterocycles. The second-order valence-electron chi connectivity index (χ2n) is 11.3. The van der Waals surface area contributed by atoms with Gasteiger partial charge in [0.15, 0.2) is 11.5 Å². The maximum absolute atomic E-state index is 6.34. The lowest BCUT2D eigenvalue weighted by molar-refractivity contribution is 0.0879. The van der Waals surface area contributed by atoms with Crippen LogP contribution in [0.3, 0.4) is 0 Å². The smallest absolute Gasteiger partial charge is 0.229 e. The molecule has 4 aromatic heterocycles. The van der Waals surface area contributed by atoms with Crippen molar-refractivity contribution in [1.29, 1.82) is 0 Å². The summed E-state index contributed by atoms with van der Waals surface area (Å²) in [5, 5.41) is 0.236. The third-order valence-electron chi connectivity index (χ3n) is 8.66. The summed E-state index contributed by atoms with van der Waals surface area (Å²) in [6.07, 6.45) is 5.46. The van der Waals surface area contributed by atoms with E-state index in [2.05, 4.69) is 70.7 Å². The molecular weight excluding hydrogens is 572 g/mol. The number of nitrogen functional groups attached to an aromatic ring is 1. The highest BCUT2D eigenvalue weighted by Gasteiger charge is 2.40. The molecule has 2 aromatic carbocycles. The molecular formula is C33H29ClN10. The Morgan fingerprint density at radius 1 is 0.795 bits per heavy atom. The highest BCUT2D eigenvalue weighted by atomic mass is 35.5. The lowest BCUT2D eigenvalue weighted by Gasteiger charge is -2.51. The molecule has 11 heteroatoms.